The first kappa shape index (κ1) is 18.3. The quantitative estimate of drug-likeness (QED) is 0.585. The van der Waals surface area contributed by atoms with Crippen LogP contribution in [0, 0.1) is 5.92 Å². The lowest BCUT2D eigenvalue weighted by Gasteiger charge is -2.14. The van der Waals surface area contributed by atoms with Crippen molar-refractivity contribution in [2.75, 3.05) is 31.5 Å². The third-order valence-electron chi connectivity index (χ3n) is 4.51. The van der Waals surface area contributed by atoms with Crippen LogP contribution in [0.3, 0.4) is 0 Å². The lowest BCUT2D eigenvalue weighted by Crippen LogP contribution is -2.25. The number of ether oxygens (including phenoxy) is 1. The monoisotopic (exact) mass is 352 g/mol. The number of aliphatic imine (C=N–C) groups is 1. The molecule has 5 heteroatoms. The molecule has 5 nitrogen and oxygen atoms in total. The molecule has 1 saturated heterocycles. The van der Waals surface area contributed by atoms with Crippen molar-refractivity contribution in [2.45, 2.75) is 19.8 Å². The molecule has 1 aliphatic rings. The van der Waals surface area contributed by atoms with Gasteiger partial charge in [0.05, 0.1) is 0 Å². The largest absolute Gasteiger partial charge is 0.457 e. The normalized spacial score (nSPS) is 18.0. The van der Waals surface area contributed by atoms with Crippen molar-refractivity contribution < 1.29 is 4.74 Å². The Hall–Kier alpha value is -2.53. The van der Waals surface area contributed by atoms with Gasteiger partial charge in [0.25, 0.3) is 0 Å². The zero-order chi connectivity index (χ0) is 18.2. The molecule has 0 aliphatic carbocycles. The van der Waals surface area contributed by atoms with Gasteiger partial charge in [-0.1, -0.05) is 31.2 Å². The smallest absolute Gasteiger partial charge is 0.193 e. The van der Waals surface area contributed by atoms with E-state index in [1.165, 1.54) is 25.9 Å². The van der Waals surface area contributed by atoms with Crippen LogP contribution >= 0.6 is 0 Å². The zero-order valence-corrected chi connectivity index (χ0v) is 15.4. The highest BCUT2D eigenvalue weighted by molar-refractivity contribution is 5.92. The first-order valence-corrected chi connectivity index (χ1v) is 9.35. The molecule has 0 spiro atoms. The Morgan fingerprint density at radius 2 is 2.00 bits per heavy atom. The topological polar surface area (TPSA) is 62.9 Å². The molecule has 0 bridgehead atoms. The number of likely N-dealkylation sites (tertiary alicyclic amines) is 1. The molecule has 0 saturated carbocycles. The van der Waals surface area contributed by atoms with E-state index in [-0.39, 0.29) is 0 Å². The summed E-state index contributed by atoms with van der Waals surface area (Å²) in [7, 11) is 0. The molecule has 3 N–H and O–H groups in total. The summed E-state index contributed by atoms with van der Waals surface area (Å²) >= 11 is 0. The molecule has 2 aromatic carbocycles. The van der Waals surface area contributed by atoms with Gasteiger partial charge in [0, 0.05) is 24.8 Å². The summed E-state index contributed by atoms with van der Waals surface area (Å²) in [5.41, 5.74) is 6.94. The second-order valence-electron chi connectivity index (χ2n) is 6.75. The molecular weight excluding hydrogens is 324 g/mol. The molecule has 1 heterocycles. The number of rotatable bonds is 7. The summed E-state index contributed by atoms with van der Waals surface area (Å²) < 4.78 is 5.85. The number of hydrogen-bond donors (Lipinski definition) is 2. The fraction of sp³-hybridized carbons (Fsp3) is 0.381. The number of nitrogens with one attached hydrogen (secondary N) is 1. The van der Waals surface area contributed by atoms with Crippen molar-refractivity contribution in [2.24, 2.45) is 16.6 Å². The third kappa shape index (κ3) is 5.49. The fourth-order valence-corrected chi connectivity index (χ4v) is 3.26. The average molecular weight is 352 g/mol. The summed E-state index contributed by atoms with van der Waals surface area (Å²) in [6, 6.07) is 17.5. The van der Waals surface area contributed by atoms with E-state index in [9.17, 15) is 0 Å². The first-order chi connectivity index (χ1) is 12.7. The molecule has 1 aliphatic heterocycles. The predicted molar refractivity (Wildman–Crippen MR) is 108 cm³/mol. The van der Waals surface area contributed by atoms with Gasteiger partial charge in [0.1, 0.15) is 11.5 Å². The van der Waals surface area contributed by atoms with Gasteiger partial charge >= 0.3 is 0 Å². The van der Waals surface area contributed by atoms with Gasteiger partial charge in [0.15, 0.2) is 5.96 Å². The Bertz CT molecular complexity index is 717. The Balaban J connectivity index is 1.52. The lowest BCUT2D eigenvalue weighted by atomic mass is 10.1. The van der Waals surface area contributed by atoms with E-state index in [1.54, 1.807) is 0 Å². The summed E-state index contributed by atoms with van der Waals surface area (Å²) in [6.07, 6.45) is 2.41. The predicted octanol–water partition coefficient (Wildman–Crippen LogP) is 3.94. The number of hydrogen-bond acceptors (Lipinski definition) is 3. The van der Waals surface area contributed by atoms with E-state index in [2.05, 4.69) is 22.1 Å². The van der Waals surface area contributed by atoms with Crippen molar-refractivity contribution >= 4 is 11.6 Å². The molecule has 1 atom stereocenters. The maximum Gasteiger partial charge on any atom is 0.193 e. The van der Waals surface area contributed by atoms with E-state index in [0.717, 1.165) is 30.3 Å². The molecule has 138 valence electrons. The van der Waals surface area contributed by atoms with Crippen LogP contribution in [0.5, 0.6) is 11.5 Å². The maximum atomic E-state index is 6.06. The van der Waals surface area contributed by atoms with Gasteiger partial charge in [0.2, 0.25) is 0 Å². The molecule has 0 radical (unpaired) electrons. The van der Waals surface area contributed by atoms with Crippen molar-refractivity contribution in [3.63, 3.8) is 0 Å². The summed E-state index contributed by atoms with van der Waals surface area (Å²) in [4.78, 5) is 7.03. The van der Waals surface area contributed by atoms with E-state index < -0.39 is 0 Å². The lowest BCUT2D eigenvalue weighted by molar-refractivity contribution is 0.326. The second kappa shape index (κ2) is 9.25. The number of nitrogens with zero attached hydrogens (tertiary/aromatic N) is 2. The number of para-hydroxylation sites is 1. The minimum atomic E-state index is 0.454. The summed E-state index contributed by atoms with van der Waals surface area (Å²) in [5, 5.41) is 3.16. The highest BCUT2D eigenvalue weighted by Crippen LogP contribution is 2.23. The molecular formula is C21H28N4O. The van der Waals surface area contributed by atoms with E-state index in [1.807, 2.05) is 54.6 Å². The van der Waals surface area contributed by atoms with Crippen LogP contribution in [0.25, 0.3) is 0 Å². The average Bonchev–Trinajstić information content (AvgIpc) is 3.09. The first-order valence-electron chi connectivity index (χ1n) is 9.35. The van der Waals surface area contributed by atoms with Gasteiger partial charge in [-0.15, -0.1) is 0 Å². The SMILES string of the molecule is CCCN1CCC(CN=C(N)Nc2cccc(Oc3ccccc3)c2)C1. The maximum absolute atomic E-state index is 6.06. The van der Waals surface area contributed by atoms with Crippen molar-refractivity contribution in [3.8, 4) is 11.5 Å². The number of anilines is 1. The van der Waals surface area contributed by atoms with Crippen LogP contribution in [0.2, 0.25) is 0 Å². The highest BCUT2D eigenvalue weighted by Gasteiger charge is 2.21. The van der Waals surface area contributed by atoms with E-state index in [4.69, 9.17) is 10.5 Å². The van der Waals surface area contributed by atoms with E-state index in [0.29, 0.717) is 11.9 Å². The van der Waals surface area contributed by atoms with Crippen LogP contribution in [-0.2, 0) is 0 Å². The minimum Gasteiger partial charge on any atom is -0.457 e. The van der Waals surface area contributed by atoms with Crippen molar-refractivity contribution in [1.82, 2.24) is 4.90 Å². The summed E-state index contributed by atoms with van der Waals surface area (Å²) in [6.45, 7) is 6.50. The van der Waals surface area contributed by atoms with Crippen LogP contribution in [-0.4, -0.2) is 37.0 Å². The van der Waals surface area contributed by atoms with Gasteiger partial charge in [-0.05, 0) is 56.1 Å². The molecule has 0 amide bonds. The molecule has 1 unspecified atom stereocenters. The van der Waals surface area contributed by atoms with Crippen LogP contribution in [0.1, 0.15) is 19.8 Å². The molecule has 26 heavy (non-hydrogen) atoms. The van der Waals surface area contributed by atoms with Crippen molar-refractivity contribution in [1.29, 1.82) is 0 Å². The molecule has 2 aromatic rings. The van der Waals surface area contributed by atoms with Crippen LogP contribution in [0.4, 0.5) is 5.69 Å². The number of nitrogens with two attached hydrogens (primary N) is 1. The van der Waals surface area contributed by atoms with E-state index >= 15 is 0 Å². The van der Waals surface area contributed by atoms with Gasteiger partial charge in [-0.25, -0.2) is 0 Å². The van der Waals surface area contributed by atoms with Gasteiger partial charge in [-0.3, -0.25) is 4.99 Å². The highest BCUT2D eigenvalue weighted by atomic mass is 16.5. The van der Waals surface area contributed by atoms with Crippen molar-refractivity contribution in [3.05, 3.63) is 54.6 Å². The Labute approximate surface area is 155 Å². The fourth-order valence-electron chi connectivity index (χ4n) is 3.26. The molecule has 1 fully saturated rings. The molecule has 0 aromatic heterocycles. The standard InChI is InChI=1S/C21H28N4O/c1-2-12-25-13-11-17(16-25)15-23-21(22)24-18-7-6-10-20(14-18)26-19-8-4-3-5-9-19/h3-10,14,17H,2,11-13,15-16H2,1H3,(H3,22,23,24). The minimum absolute atomic E-state index is 0.454. The number of guanidine groups is 1. The third-order valence-corrected chi connectivity index (χ3v) is 4.51. The Kier molecular flexibility index (Phi) is 6.50. The van der Waals surface area contributed by atoms with Crippen LogP contribution in [0.15, 0.2) is 59.6 Å². The zero-order valence-electron chi connectivity index (χ0n) is 15.4. The second-order valence-corrected chi connectivity index (χ2v) is 6.75. The number of benzene rings is 2. The molecule has 3 rings (SSSR count). The Morgan fingerprint density at radius 1 is 1.19 bits per heavy atom. The van der Waals surface area contributed by atoms with Gasteiger partial charge in [-0.2, -0.15) is 0 Å². The van der Waals surface area contributed by atoms with Gasteiger partial charge < -0.3 is 20.7 Å². The van der Waals surface area contributed by atoms with Crippen LogP contribution < -0.4 is 15.8 Å². The Morgan fingerprint density at radius 3 is 2.81 bits per heavy atom. The summed E-state index contributed by atoms with van der Waals surface area (Å²) in [5.74, 6) is 2.63.